The average Bonchev–Trinajstić information content (AvgIpc) is 3.28. The summed E-state index contributed by atoms with van der Waals surface area (Å²) in [6.45, 7) is 14.4. The van der Waals surface area contributed by atoms with Crippen LogP contribution in [0.3, 0.4) is 0 Å². The van der Waals surface area contributed by atoms with Gasteiger partial charge >= 0.3 is 12.1 Å². The Labute approximate surface area is 382 Å². The Morgan fingerprint density at radius 2 is 0.667 bits per heavy atom. The fourth-order valence-corrected chi connectivity index (χ4v) is 7.31. The molecule has 0 bridgehead atoms. The molecule has 1 fully saturated rings. The van der Waals surface area contributed by atoms with Crippen LogP contribution in [-0.2, 0) is 47.4 Å². The second kappa shape index (κ2) is 49.6. The molecule has 0 spiro atoms. The molecule has 0 aromatic heterocycles. The standard InChI is InChI=1S/C47H94N4O12/c1-3-55-30-31-59-38-39-63-43-41-61-35-33-57-27-25-51-47(53)49-23-15-13-19-45-17-11-9-7-5-4-6-8-10-16-44(20-21-45)18-12-14-22-48-46(52)50-24-26-56-32-34-60-40-42-62-37-36-58-29-28-54-2/h44-45H,3-43H2,1-2H3,(H2,48,50,52)(H2,49,51,53). The highest BCUT2D eigenvalue weighted by molar-refractivity contribution is 5.74. The number of carbonyl (C=O) groups excluding carboxylic acids is 2. The van der Waals surface area contributed by atoms with Gasteiger partial charge in [-0.1, -0.05) is 103 Å². The van der Waals surface area contributed by atoms with Crippen LogP contribution in [0.1, 0.15) is 122 Å². The van der Waals surface area contributed by atoms with Gasteiger partial charge < -0.3 is 68.6 Å². The van der Waals surface area contributed by atoms with Gasteiger partial charge in [0, 0.05) is 39.9 Å². The van der Waals surface area contributed by atoms with Crippen molar-refractivity contribution in [1.82, 2.24) is 21.3 Å². The summed E-state index contributed by atoms with van der Waals surface area (Å²) < 4.78 is 54.0. The molecule has 4 amide bonds. The van der Waals surface area contributed by atoms with Gasteiger partial charge in [0.2, 0.25) is 0 Å². The Morgan fingerprint density at radius 1 is 0.365 bits per heavy atom. The highest BCUT2D eigenvalue weighted by atomic mass is 16.6. The predicted molar refractivity (Wildman–Crippen MR) is 248 cm³/mol. The van der Waals surface area contributed by atoms with E-state index < -0.39 is 0 Å². The normalized spacial score (nSPS) is 16.7. The molecular weight excluding hydrogens is 813 g/mol. The summed E-state index contributed by atoms with van der Waals surface area (Å²) in [6, 6.07) is -0.272. The van der Waals surface area contributed by atoms with Gasteiger partial charge in [-0.3, -0.25) is 0 Å². The van der Waals surface area contributed by atoms with Crippen molar-refractivity contribution < 1.29 is 57.0 Å². The molecule has 374 valence electrons. The third-order valence-electron chi connectivity index (χ3n) is 10.9. The van der Waals surface area contributed by atoms with Crippen molar-refractivity contribution in [3.63, 3.8) is 0 Å². The maximum Gasteiger partial charge on any atom is 0.314 e. The first kappa shape index (κ1) is 59.2. The lowest BCUT2D eigenvalue weighted by atomic mass is 9.84. The molecule has 1 aliphatic carbocycles. The minimum Gasteiger partial charge on any atom is -0.382 e. The summed E-state index contributed by atoms with van der Waals surface area (Å²) in [6.07, 6.45) is 22.9. The topological polar surface area (TPSA) is 175 Å². The number of hydrogen-bond donors (Lipinski definition) is 4. The average molecular weight is 907 g/mol. The zero-order chi connectivity index (χ0) is 45.2. The van der Waals surface area contributed by atoms with E-state index in [-0.39, 0.29) is 12.1 Å². The largest absolute Gasteiger partial charge is 0.382 e. The van der Waals surface area contributed by atoms with Crippen molar-refractivity contribution >= 4 is 12.1 Å². The van der Waals surface area contributed by atoms with E-state index in [2.05, 4.69) is 21.3 Å². The maximum absolute atomic E-state index is 12.3. The molecule has 0 saturated heterocycles. The summed E-state index contributed by atoms with van der Waals surface area (Å²) in [4.78, 5) is 24.6. The summed E-state index contributed by atoms with van der Waals surface area (Å²) in [5.41, 5.74) is 0. The van der Waals surface area contributed by atoms with Crippen LogP contribution in [-0.4, -0.2) is 171 Å². The molecule has 0 aromatic carbocycles. The van der Waals surface area contributed by atoms with Gasteiger partial charge in [-0.05, 0) is 31.6 Å². The summed E-state index contributed by atoms with van der Waals surface area (Å²) >= 11 is 0. The molecule has 2 atom stereocenters. The Bertz CT molecular complexity index is 960. The molecule has 1 aliphatic rings. The monoisotopic (exact) mass is 907 g/mol. The highest BCUT2D eigenvalue weighted by Gasteiger charge is 2.15. The number of carbonyl (C=O) groups is 2. The number of methoxy groups -OCH3 is 1. The number of urea groups is 2. The molecule has 63 heavy (non-hydrogen) atoms. The van der Waals surface area contributed by atoms with Gasteiger partial charge in [0.15, 0.2) is 0 Å². The van der Waals surface area contributed by atoms with Crippen molar-refractivity contribution in [3.8, 4) is 0 Å². The van der Waals surface area contributed by atoms with Crippen LogP contribution in [0, 0.1) is 11.8 Å². The first-order valence-electron chi connectivity index (χ1n) is 24.9. The number of hydrogen-bond acceptors (Lipinski definition) is 12. The van der Waals surface area contributed by atoms with Crippen molar-refractivity contribution in [3.05, 3.63) is 0 Å². The van der Waals surface area contributed by atoms with E-state index in [1.165, 1.54) is 89.9 Å². The number of ether oxygens (including phenoxy) is 10. The fraction of sp³-hybridized carbons (Fsp3) is 0.957. The second-order valence-corrected chi connectivity index (χ2v) is 16.2. The molecule has 1 rings (SSSR count). The van der Waals surface area contributed by atoms with Crippen LogP contribution in [0.5, 0.6) is 0 Å². The van der Waals surface area contributed by atoms with Crippen LogP contribution >= 0.6 is 0 Å². The van der Waals surface area contributed by atoms with E-state index in [1.54, 1.807) is 7.11 Å². The van der Waals surface area contributed by atoms with Crippen molar-refractivity contribution in [1.29, 1.82) is 0 Å². The lowest BCUT2D eigenvalue weighted by Gasteiger charge is -2.22. The zero-order valence-electron chi connectivity index (χ0n) is 40.0. The quantitative estimate of drug-likeness (QED) is 0.0481. The molecular formula is C47H94N4O12. The number of nitrogens with one attached hydrogen (secondary N) is 4. The first-order chi connectivity index (χ1) is 31.2. The van der Waals surface area contributed by atoms with E-state index >= 15 is 0 Å². The molecule has 0 heterocycles. The van der Waals surface area contributed by atoms with Gasteiger partial charge in [-0.2, -0.15) is 0 Å². The van der Waals surface area contributed by atoms with E-state index in [4.69, 9.17) is 47.4 Å². The summed E-state index contributed by atoms with van der Waals surface area (Å²) in [5, 5.41) is 11.8. The lowest BCUT2D eigenvalue weighted by molar-refractivity contribution is -0.00986. The van der Waals surface area contributed by atoms with Gasteiger partial charge in [0.05, 0.1) is 119 Å². The SMILES string of the molecule is CCOCCOCCOCCOCCOCCNC(=O)NCCCCC1CCCCCCCCCCC(CCCCNC(=O)NCCOCCOCCOCCOCCOC)CC1. The van der Waals surface area contributed by atoms with Crippen LogP contribution in [0.25, 0.3) is 0 Å². The molecule has 16 heteroatoms. The van der Waals surface area contributed by atoms with Crippen LogP contribution in [0.15, 0.2) is 0 Å². The molecule has 4 N–H and O–H groups in total. The van der Waals surface area contributed by atoms with E-state index in [0.717, 1.165) is 37.5 Å². The van der Waals surface area contributed by atoms with Crippen molar-refractivity contribution in [2.45, 2.75) is 122 Å². The second-order valence-electron chi connectivity index (χ2n) is 16.2. The van der Waals surface area contributed by atoms with Gasteiger partial charge in [0.1, 0.15) is 0 Å². The number of unbranched alkanes of at least 4 members (excludes halogenated alkanes) is 2. The Kier molecular flexibility index (Phi) is 46.5. The Balaban J connectivity index is 2.11. The zero-order valence-corrected chi connectivity index (χ0v) is 40.0. The molecule has 0 aromatic rings. The van der Waals surface area contributed by atoms with E-state index in [0.29, 0.717) is 152 Å². The van der Waals surface area contributed by atoms with Gasteiger partial charge in [-0.25, -0.2) is 9.59 Å². The molecule has 2 unspecified atom stereocenters. The molecule has 1 saturated carbocycles. The Hall–Kier alpha value is -1.86. The van der Waals surface area contributed by atoms with Crippen molar-refractivity contribution in [2.24, 2.45) is 11.8 Å². The Morgan fingerprint density at radius 3 is 1.02 bits per heavy atom. The van der Waals surface area contributed by atoms with Crippen LogP contribution in [0.2, 0.25) is 0 Å². The predicted octanol–water partition coefficient (Wildman–Crippen LogP) is 6.67. The third kappa shape index (κ3) is 45.1. The maximum atomic E-state index is 12.3. The third-order valence-corrected chi connectivity index (χ3v) is 10.9. The van der Waals surface area contributed by atoms with Crippen LogP contribution < -0.4 is 21.3 Å². The molecule has 16 nitrogen and oxygen atoms in total. The number of amides is 4. The minimum absolute atomic E-state index is 0.136. The highest BCUT2D eigenvalue weighted by Crippen LogP contribution is 2.29. The van der Waals surface area contributed by atoms with E-state index in [9.17, 15) is 9.59 Å². The van der Waals surface area contributed by atoms with E-state index in [1.807, 2.05) is 6.92 Å². The van der Waals surface area contributed by atoms with Crippen molar-refractivity contribution in [2.75, 3.05) is 159 Å². The fourth-order valence-electron chi connectivity index (χ4n) is 7.31. The van der Waals surface area contributed by atoms with Gasteiger partial charge in [0.25, 0.3) is 0 Å². The number of rotatable bonds is 41. The molecule has 0 aliphatic heterocycles. The molecule has 0 radical (unpaired) electrons. The van der Waals surface area contributed by atoms with Crippen LogP contribution in [0.4, 0.5) is 9.59 Å². The summed E-state index contributed by atoms with van der Waals surface area (Å²) in [5.74, 6) is 1.52. The first-order valence-corrected chi connectivity index (χ1v) is 24.9. The summed E-state index contributed by atoms with van der Waals surface area (Å²) in [7, 11) is 1.65. The van der Waals surface area contributed by atoms with Gasteiger partial charge in [-0.15, -0.1) is 0 Å². The lowest BCUT2D eigenvalue weighted by Crippen LogP contribution is -2.37. The minimum atomic E-state index is -0.136. The smallest absolute Gasteiger partial charge is 0.314 e.